The van der Waals surface area contributed by atoms with Crippen molar-refractivity contribution in [3.8, 4) is 12.1 Å². The molecule has 41 heavy (non-hydrogen) atoms. The van der Waals surface area contributed by atoms with Gasteiger partial charge in [0, 0.05) is 35.2 Å². The van der Waals surface area contributed by atoms with E-state index in [1.54, 1.807) is 36.4 Å². The molecule has 1 fully saturated rings. The molecule has 0 aromatic heterocycles. The molecule has 2 atom stereocenters. The van der Waals surface area contributed by atoms with Crippen LogP contribution in [0.2, 0.25) is 0 Å². The van der Waals surface area contributed by atoms with Crippen LogP contribution < -0.4 is 0 Å². The normalized spacial score (nSPS) is 22.8. The average Bonchev–Trinajstić information content (AvgIpc) is 3.00. The first-order chi connectivity index (χ1) is 19.9. The molecular weight excluding hydrogens is 516 g/mol. The highest BCUT2D eigenvalue weighted by atomic mass is 16.2. The molecule has 0 saturated heterocycles. The Hall–Kier alpha value is -5.08. The molecule has 8 heteroatoms. The largest absolute Gasteiger partial charge is 0.281 e. The van der Waals surface area contributed by atoms with E-state index in [9.17, 15) is 29.7 Å². The molecule has 0 N–H and O–H groups in total. The number of benzene rings is 3. The van der Waals surface area contributed by atoms with Crippen molar-refractivity contribution in [3.05, 3.63) is 69.3 Å². The Morgan fingerprint density at radius 1 is 0.829 bits per heavy atom. The molecule has 2 aliphatic heterocycles. The van der Waals surface area contributed by atoms with Gasteiger partial charge in [0.15, 0.2) is 0 Å². The van der Waals surface area contributed by atoms with Gasteiger partial charge in [-0.1, -0.05) is 37.5 Å². The maximum absolute atomic E-state index is 14.0. The number of nitriles is 2. The third kappa shape index (κ3) is 2.77. The molecule has 3 aliphatic carbocycles. The molecule has 4 amide bonds. The lowest BCUT2D eigenvalue weighted by molar-refractivity contribution is -0.132. The number of amides is 4. The van der Waals surface area contributed by atoms with E-state index in [0.717, 1.165) is 37.0 Å². The van der Waals surface area contributed by atoms with Crippen molar-refractivity contribution in [1.82, 2.24) is 9.80 Å². The number of imide groups is 2. The molecule has 198 valence electrons. The number of hydrogen-bond donors (Lipinski definition) is 0. The van der Waals surface area contributed by atoms with Gasteiger partial charge in [0.1, 0.15) is 0 Å². The zero-order chi connectivity index (χ0) is 28.3. The number of likely N-dealkylation sites (N-methyl/N-ethyl adjacent to an activating group) is 1. The van der Waals surface area contributed by atoms with E-state index in [2.05, 4.69) is 12.1 Å². The summed E-state index contributed by atoms with van der Waals surface area (Å²) in [4.78, 5) is 56.8. The summed E-state index contributed by atoms with van der Waals surface area (Å²) in [6, 6.07) is 9.45. The van der Waals surface area contributed by atoms with Gasteiger partial charge >= 0.3 is 0 Å². The van der Waals surface area contributed by atoms with Crippen LogP contribution in [0.1, 0.15) is 92.5 Å². The smallest absolute Gasteiger partial charge is 0.261 e. The summed E-state index contributed by atoms with van der Waals surface area (Å²) < 4.78 is 0. The minimum Gasteiger partial charge on any atom is -0.281 e. The fourth-order valence-electron chi connectivity index (χ4n) is 7.83. The van der Waals surface area contributed by atoms with Gasteiger partial charge in [-0.15, -0.1) is 0 Å². The molecule has 3 aromatic rings. The van der Waals surface area contributed by atoms with Crippen LogP contribution in [0.5, 0.6) is 0 Å². The van der Waals surface area contributed by atoms with Crippen molar-refractivity contribution in [2.45, 2.75) is 50.0 Å². The summed E-state index contributed by atoms with van der Waals surface area (Å²) in [5.74, 6) is -2.95. The number of fused-ring (bicyclic) bond motifs is 2. The second-order valence-electron chi connectivity index (χ2n) is 11.5. The van der Waals surface area contributed by atoms with Crippen molar-refractivity contribution in [2.75, 3.05) is 7.05 Å². The van der Waals surface area contributed by atoms with Gasteiger partial charge in [0.25, 0.3) is 11.8 Å². The Morgan fingerprint density at radius 2 is 1.59 bits per heavy atom. The summed E-state index contributed by atoms with van der Waals surface area (Å²) in [5, 5.41) is 23.1. The predicted molar refractivity (Wildman–Crippen MR) is 149 cm³/mol. The van der Waals surface area contributed by atoms with Gasteiger partial charge in [0.05, 0.1) is 35.1 Å². The molecule has 0 bridgehead atoms. The summed E-state index contributed by atoms with van der Waals surface area (Å²) >= 11 is 0. The van der Waals surface area contributed by atoms with Crippen LogP contribution in [-0.4, -0.2) is 46.5 Å². The molecule has 8 rings (SSSR count). The van der Waals surface area contributed by atoms with E-state index in [1.807, 2.05) is 0 Å². The predicted octanol–water partition coefficient (Wildman–Crippen LogP) is 4.91. The van der Waals surface area contributed by atoms with Crippen molar-refractivity contribution in [1.29, 1.82) is 10.5 Å². The molecule has 0 spiro atoms. The molecule has 8 nitrogen and oxygen atoms in total. The maximum atomic E-state index is 14.0. The monoisotopic (exact) mass is 538 g/mol. The molecular formula is C33H22N4O4. The lowest BCUT2D eigenvalue weighted by Crippen LogP contribution is -2.51. The lowest BCUT2D eigenvalue weighted by atomic mass is 9.70. The molecule has 3 aromatic carbocycles. The molecule has 0 radical (unpaired) electrons. The van der Waals surface area contributed by atoms with Gasteiger partial charge in [-0.05, 0) is 63.9 Å². The Bertz CT molecular complexity index is 2020. The molecule has 1 saturated carbocycles. The van der Waals surface area contributed by atoms with Gasteiger partial charge in [-0.2, -0.15) is 10.5 Å². The van der Waals surface area contributed by atoms with Crippen LogP contribution in [0.15, 0.2) is 30.4 Å². The van der Waals surface area contributed by atoms with E-state index in [1.165, 1.54) is 11.9 Å². The summed E-state index contributed by atoms with van der Waals surface area (Å²) in [7, 11) is 1.44. The zero-order valence-corrected chi connectivity index (χ0v) is 22.2. The van der Waals surface area contributed by atoms with Crippen LogP contribution >= 0.6 is 0 Å². The fraction of sp³-hybridized carbons (Fsp3) is 0.273. The molecule has 5 aliphatic rings. The van der Waals surface area contributed by atoms with Crippen molar-refractivity contribution >= 4 is 56.8 Å². The third-order valence-corrected chi connectivity index (χ3v) is 9.62. The Labute approximate surface area is 234 Å². The number of carbonyl (C=O) groups is 4. The van der Waals surface area contributed by atoms with E-state index >= 15 is 0 Å². The van der Waals surface area contributed by atoms with Crippen LogP contribution in [0.25, 0.3) is 33.2 Å². The second-order valence-corrected chi connectivity index (χ2v) is 11.5. The Kier molecular flexibility index (Phi) is 4.63. The van der Waals surface area contributed by atoms with E-state index < -0.39 is 17.7 Å². The van der Waals surface area contributed by atoms with E-state index in [4.69, 9.17) is 0 Å². The fourth-order valence-corrected chi connectivity index (χ4v) is 7.83. The zero-order valence-electron chi connectivity index (χ0n) is 22.2. The molecule has 2 unspecified atom stereocenters. The first kappa shape index (κ1) is 23.8. The first-order valence-corrected chi connectivity index (χ1v) is 13.9. The Balaban J connectivity index is 1.52. The highest BCUT2D eigenvalue weighted by Gasteiger charge is 2.46. The number of allylic oxidation sites excluding steroid dienone is 1. The highest BCUT2D eigenvalue weighted by molar-refractivity contribution is 6.28. The van der Waals surface area contributed by atoms with Crippen LogP contribution in [0, 0.1) is 22.7 Å². The van der Waals surface area contributed by atoms with Crippen molar-refractivity contribution in [3.63, 3.8) is 0 Å². The highest BCUT2D eigenvalue weighted by Crippen LogP contribution is 2.53. The summed E-state index contributed by atoms with van der Waals surface area (Å²) in [5.41, 5.74) is 3.60. The minimum atomic E-state index is -0.791. The van der Waals surface area contributed by atoms with Crippen molar-refractivity contribution < 1.29 is 19.2 Å². The lowest BCUT2D eigenvalue weighted by Gasteiger charge is -2.40. The van der Waals surface area contributed by atoms with Crippen LogP contribution in [0.3, 0.4) is 0 Å². The SMILES string of the molecule is CN1C(=O)c2cc(C#N)c3c4c(c5c6c7c(ccc63)C(=O)N(C3CCCCC3)C(=O)C7C=C5C#N)C=CC(C1=O)c24. The topological polar surface area (TPSA) is 122 Å². The first-order valence-electron chi connectivity index (χ1n) is 13.9. The standard InChI is InChI=1S/C33H22N4O4/c1-36-30(38)20-9-7-18-25-16(14-35)12-23-27-21(32(40)37(33(23)41)17-5-3-2-4-6-17)10-8-19(29(25)27)24-15(13-34)11-22(31(36)39)26(20)28(18)24/h7-12,17,20,23H,2-6H2,1H3. The minimum absolute atomic E-state index is 0.157. The van der Waals surface area contributed by atoms with E-state index in [0.29, 0.717) is 60.5 Å². The van der Waals surface area contributed by atoms with Crippen LogP contribution in [0.4, 0.5) is 0 Å². The molecule has 2 heterocycles. The average molecular weight is 539 g/mol. The van der Waals surface area contributed by atoms with Gasteiger partial charge in [0.2, 0.25) is 11.8 Å². The number of nitrogens with zero attached hydrogens (tertiary/aromatic N) is 4. The number of carbonyl (C=O) groups excluding carboxylic acids is 4. The summed E-state index contributed by atoms with van der Waals surface area (Å²) in [6.07, 6.45) is 9.75. The van der Waals surface area contributed by atoms with Gasteiger partial charge < -0.3 is 0 Å². The Morgan fingerprint density at radius 3 is 2.32 bits per heavy atom. The number of rotatable bonds is 1. The van der Waals surface area contributed by atoms with Crippen molar-refractivity contribution in [2.24, 2.45) is 0 Å². The van der Waals surface area contributed by atoms with E-state index in [-0.39, 0.29) is 29.3 Å². The van der Waals surface area contributed by atoms with Gasteiger partial charge in [-0.25, -0.2) is 0 Å². The number of hydrogen-bond acceptors (Lipinski definition) is 6. The third-order valence-electron chi connectivity index (χ3n) is 9.62. The quantitative estimate of drug-likeness (QED) is 0.321. The maximum Gasteiger partial charge on any atom is 0.261 e. The summed E-state index contributed by atoms with van der Waals surface area (Å²) in [6.45, 7) is 0. The van der Waals surface area contributed by atoms with Crippen LogP contribution in [-0.2, 0) is 9.59 Å². The van der Waals surface area contributed by atoms with Gasteiger partial charge in [-0.3, -0.25) is 29.0 Å². The second kappa shape index (κ2) is 7.99.